The fourth-order valence-electron chi connectivity index (χ4n) is 1.94. The Kier molecular flexibility index (Phi) is 4.03. The second kappa shape index (κ2) is 5.95. The monoisotopic (exact) mass is 405 g/mol. The Morgan fingerprint density at radius 3 is 2.52 bits per heavy atom. The van der Waals surface area contributed by atoms with Gasteiger partial charge in [-0.3, -0.25) is 0 Å². The van der Waals surface area contributed by atoms with Crippen molar-refractivity contribution in [2.45, 2.75) is 0 Å². The molecule has 3 rings (SSSR count). The molecule has 0 aliphatic heterocycles. The summed E-state index contributed by atoms with van der Waals surface area (Å²) in [5.74, 6) is 0.0403. The maximum Gasteiger partial charge on any atom is 0.343 e. The molecule has 3 nitrogen and oxygen atoms in total. The van der Waals surface area contributed by atoms with Crippen LogP contribution >= 0.6 is 31.9 Å². The van der Waals surface area contributed by atoms with E-state index in [1.54, 1.807) is 30.3 Å². The van der Waals surface area contributed by atoms with Gasteiger partial charge in [0.05, 0.1) is 10.0 Å². The SMILES string of the molecule is O=C(Oc1cccc2cc(Br)c(Br)nc12)c1ccccc1. The van der Waals surface area contributed by atoms with Crippen LogP contribution in [0.25, 0.3) is 10.9 Å². The summed E-state index contributed by atoms with van der Waals surface area (Å²) < 4.78 is 6.98. The van der Waals surface area contributed by atoms with Gasteiger partial charge >= 0.3 is 5.97 Å². The highest BCUT2D eigenvalue weighted by molar-refractivity contribution is 9.13. The normalized spacial score (nSPS) is 10.6. The zero-order valence-electron chi connectivity index (χ0n) is 10.7. The Morgan fingerprint density at radius 2 is 1.76 bits per heavy atom. The Morgan fingerprint density at radius 1 is 1.00 bits per heavy atom. The molecular formula is C16H9Br2NO2. The van der Waals surface area contributed by atoms with Gasteiger partial charge in [0.1, 0.15) is 10.1 Å². The molecule has 0 saturated carbocycles. The maximum absolute atomic E-state index is 12.1. The van der Waals surface area contributed by atoms with E-state index in [4.69, 9.17) is 4.74 Å². The topological polar surface area (TPSA) is 39.2 Å². The number of para-hydroxylation sites is 1. The molecule has 2 aromatic carbocycles. The van der Waals surface area contributed by atoms with Gasteiger partial charge in [-0.2, -0.15) is 0 Å². The lowest BCUT2D eigenvalue weighted by atomic mass is 10.2. The van der Waals surface area contributed by atoms with Crippen LogP contribution in [-0.4, -0.2) is 11.0 Å². The zero-order valence-corrected chi connectivity index (χ0v) is 13.9. The molecule has 0 aliphatic carbocycles. The highest BCUT2D eigenvalue weighted by Crippen LogP contribution is 2.30. The Hall–Kier alpha value is -1.72. The van der Waals surface area contributed by atoms with E-state index in [1.807, 2.05) is 24.3 Å². The fraction of sp³-hybridized carbons (Fsp3) is 0. The maximum atomic E-state index is 12.1. The molecule has 5 heteroatoms. The summed E-state index contributed by atoms with van der Waals surface area (Å²) in [6.45, 7) is 0. The number of rotatable bonds is 2. The molecule has 0 amide bonds. The molecule has 1 aromatic heterocycles. The molecule has 0 bridgehead atoms. The molecule has 21 heavy (non-hydrogen) atoms. The van der Waals surface area contributed by atoms with Crippen LogP contribution in [0.1, 0.15) is 10.4 Å². The third-order valence-electron chi connectivity index (χ3n) is 2.93. The number of pyridine rings is 1. The van der Waals surface area contributed by atoms with Crippen molar-refractivity contribution in [2.75, 3.05) is 0 Å². The average Bonchev–Trinajstić information content (AvgIpc) is 2.50. The molecule has 0 spiro atoms. The number of halogens is 2. The quantitative estimate of drug-likeness (QED) is 0.342. The zero-order chi connectivity index (χ0) is 14.8. The summed E-state index contributed by atoms with van der Waals surface area (Å²) in [4.78, 5) is 16.6. The van der Waals surface area contributed by atoms with Gasteiger partial charge in [0.25, 0.3) is 0 Å². The highest BCUT2D eigenvalue weighted by atomic mass is 79.9. The minimum atomic E-state index is -0.399. The molecule has 0 fully saturated rings. The fourth-order valence-corrected chi connectivity index (χ4v) is 2.57. The number of carbonyl (C=O) groups is 1. The number of carbonyl (C=O) groups excluding carboxylic acids is 1. The van der Waals surface area contributed by atoms with Crippen molar-refractivity contribution < 1.29 is 9.53 Å². The number of benzene rings is 2. The van der Waals surface area contributed by atoms with E-state index < -0.39 is 5.97 Å². The Labute approximate surface area is 138 Å². The van der Waals surface area contributed by atoms with Crippen LogP contribution in [0, 0.1) is 0 Å². The van der Waals surface area contributed by atoms with E-state index >= 15 is 0 Å². The number of ether oxygens (including phenoxy) is 1. The summed E-state index contributed by atoms with van der Waals surface area (Å²) in [6, 6.07) is 16.3. The Balaban J connectivity index is 2.01. The molecule has 0 unspecified atom stereocenters. The predicted molar refractivity (Wildman–Crippen MR) is 88.5 cm³/mol. The van der Waals surface area contributed by atoms with E-state index in [0.29, 0.717) is 21.4 Å². The van der Waals surface area contributed by atoms with Crippen LogP contribution in [0.15, 0.2) is 63.7 Å². The van der Waals surface area contributed by atoms with Crippen LogP contribution in [0.2, 0.25) is 0 Å². The lowest BCUT2D eigenvalue weighted by Gasteiger charge is -2.08. The number of nitrogens with zero attached hydrogens (tertiary/aromatic N) is 1. The minimum absolute atomic E-state index is 0.399. The van der Waals surface area contributed by atoms with Gasteiger partial charge < -0.3 is 4.74 Å². The first-order valence-corrected chi connectivity index (χ1v) is 7.76. The molecule has 0 radical (unpaired) electrons. The summed E-state index contributed by atoms with van der Waals surface area (Å²) in [5, 5.41) is 0.892. The average molecular weight is 407 g/mol. The molecule has 0 N–H and O–H groups in total. The number of esters is 1. The summed E-state index contributed by atoms with van der Waals surface area (Å²) in [7, 11) is 0. The van der Waals surface area contributed by atoms with Crippen LogP contribution in [-0.2, 0) is 0 Å². The molecule has 0 atom stereocenters. The lowest BCUT2D eigenvalue weighted by molar-refractivity contribution is 0.0737. The molecule has 1 heterocycles. The van der Waals surface area contributed by atoms with Crippen molar-refractivity contribution in [3.8, 4) is 5.75 Å². The van der Waals surface area contributed by atoms with E-state index in [9.17, 15) is 4.79 Å². The number of fused-ring (bicyclic) bond motifs is 1. The standard InChI is InChI=1S/C16H9Br2NO2/c17-12-9-11-7-4-8-13(14(11)19-15(12)18)21-16(20)10-5-2-1-3-6-10/h1-9H. The number of hydrogen-bond donors (Lipinski definition) is 0. The van der Waals surface area contributed by atoms with Crippen LogP contribution < -0.4 is 4.74 Å². The van der Waals surface area contributed by atoms with Crippen molar-refractivity contribution in [1.29, 1.82) is 0 Å². The smallest absolute Gasteiger partial charge is 0.343 e. The van der Waals surface area contributed by atoms with Crippen LogP contribution in [0.5, 0.6) is 5.75 Å². The van der Waals surface area contributed by atoms with Crippen LogP contribution in [0.4, 0.5) is 0 Å². The van der Waals surface area contributed by atoms with Gasteiger partial charge in [-0.1, -0.05) is 30.3 Å². The first kappa shape index (κ1) is 14.2. The molecule has 3 aromatic rings. The van der Waals surface area contributed by atoms with Gasteiger partial charge in [0.2, 0.25) is 0 Å². The third kappa shape index (κ3) is 2.99. The molecule has 0 aliphatic rings. The highest BCUT2D eigenvalue weighted by Gasteiger charge is 2.12. The van der Waals surface area contributed by atoms with Gasteiger partial charge in [0, 0.05) is 5.39 Å². The molecular weight excluding hydrogens is 398 g/mol. The summed E-state index contributed by atoms with van der Waals surface area (Å²) in [6.07, 6.45) is 0. The second-order valence-corrected chi connectivity index (χ2v) is 5.95. The summed E-state index contributed by atoms with van der Waals surface area (Å²) >= 11 is 6.77. The summed E-state index contributed by atoms with van der Waals surface area (Å²) in [5.41, 5.74) is 1.14. The van der Waals surface area contributed by atoms with E-state index in [0.717, 1.165) is 9.86 Å². The van der Waals surface area contributed by atoms with Crippen molar-refractivity contribution in [1.82, 2.24) is 4.98 Å². The van der Waals surface area contributed by atoms with Gasteiger partial charge in [0.15, 0.2) is 5.75 Å². The van der Waals surface area contributed by atoms with Gasteiger partial charge in [-0.05, 0) is 56.1 Å². The van der Waals surface area contributed by atoms with Gasteiger partial charge in [-0.25, -0.2) is 9.78 Å². The van der Waals surface area contributed by atoms with Gasteiger partial charge in [-0.15, -0.1) is 0 Å². The minimum Gasteiger partial charge on any atom is -0.421 e. The van der Waals surface area contributed by atoms with Crippen molar-refractivity contribution in [3.63, 3.8) is 0 Å². The second-order valence-electron chi connectivity index (χ2n) is 4.34. The van der Waals surface area contributed by atoms with Crippen molar-refractivity contribution >= 4 is 48.7 Å². The lowest BCUT2D eigenvalue weighted by Crippen LogP contribution is -2.08. The predicted octanol–water partition coefficient (Wildman–Crippen LogP) is 4.98. The largest absolute Gasteiger partial charge is 0.421 e. The van der Waals surface area contributed by atoms with Crippen LogP contribution in [0.3, 0.4) is 0 Å². The molecule has 104 valence electrons. The number of aromatic nitrogens is 1. The third-order valence-corrected chi connectivity index (χ3v) is 4.67. The van der Waals surface area contributed by atoms with E-state index in [2.05, 4.69) is 36.8 Å². The van der Waals surface area contributed by atoms with Crippen molar-refractivity contribution in [3.05, 3.63) is 69.2 Å². The number of hydrogen-bond acceptors (Lipinski definition) is 3. The Bertz CT molecular complexity index is 819. The van der Waals surface area contributed by atoms with E-state index in [-0.39, 0.29) is 0 Å². The first-order valence-electron chi connectivity index (χ1n) is 6.17. The molecule has 0 saturated heterocycles. The first-order chi connectivity index (χ1) is 10.1. The van der Waals surface area contributed by atoms with Crippen molar-refractivity contribution in [2.24, 2.45) is 0 Å². The van der Waals surface area contributed by atoms with E-state index in [1.165, 1.54) is 0 Å².